The molecule has 0 aliphatic heterocycles. The Balaban J connectivity index is 3.06. The van der Waals surface area contributed by atoms with Crippen molar-refractivity contribution in [2.75, 3.05) is 5.73 Å². The molecule has 0 unspecified atom stereocenters. The van der Waals surface area contributed by atoms with Crippen LogP contribution in [0.3, 0.4) is 0 Å². The fourth-order valence-electron chi connectivity index (χ4n) is 0.947. The van der Waals surface area contributed by atoms with E-state index in [1.807, 2.05) is 22.6 Å². The maximum absolute atomic E-state index is 11.8. The van der Waals surface area contributed by atoms with Gasteiger partial charge in [-0.15, -0.1) is 0 Å². The van der Waals surface area contributed by atoms with Crippen LogP contribution in [-0.4, -0.2) is 16.6 Å². The average molecular weight is 355 g/mol. The maximum Gasteiger partial charge on any atom is 0.358 e. The minimum atomic E-state index is -0.560. The standard InChI is InChI=1S/C10H12ClIN2O2/c1-10(2,3)16-9(15)8-7(12)6(11)5(13)4-14-8/h4H,13H2,1-3H3. The van der Waals surface area contributed by atoms with Crippen molar-refractivity contribution in [3.05, 3.63) is 20.5 Å². The summed E-state index contributed by atoms with van der Waals surface area (Å²) in [4.78, 5) is 15.7. The smallest absolute Gasteiger partial charge is 0.358 e. The number of hydrogen-bond acceptors (Lipinski definition) is 4. The number of aromatic nitrogens is 1. The van der Waals surface area contributed by atoms with Gasteiger partial charge in [-0.2, -0.15) is 0 Å². The molecule has 0 fully saturated rings. The summed E-state index contributed by atoms with van der Waals surface area (Å²) in [5.41, 5.74) is 5.54. The van der Waals surface area contributed by atoms with Crippen LogP contribution in [-0.2, 0) is 4.74 Å². The summed E-state index contributed by atoms with van der Waals surface area (Å²) in [6.07, 6.45) is 1.35. The molecule has 16 heavy (non-hydrogen) atoms. The number of pyridine rings is 1. The Morgan fingerprint density at radius 1 is 1.56 bits per heavy atom. The molecular formula is C10H12ClIN2O2. The van der Waals surface area contributed by atoms with Gasteiger partial charge in [0.05, 0.1) is 20.5 Å². The summed E-state index contributed by atoms with van der Waals surface area (Å²) in [7, 11) is 0. The van der Waals surface area contributed by atoms with Crippen LogP contribution in [0.4, 0.5) is 5.69 Å². The minimum Gasteiger partial charge on any atom is -0.455 e. The largest absolute Gasteiger partial charge is 0.455 e. The summed E-state index contributed by atoms with van der Waals surface area (Å²) in [6.45, 7) is 5.37. The molecule has 1 rings (SSSR count). The van der Waals surface area contributed by atoms with Gasteiger partial charge >= 0.3 is 5.97 Å². The second kappa shape index (κ2) is 4.75. The van der Waals surface area contributed by atoms with Crippen LogP contribution >= 0.6 is 34.2 Å². The Labute approximate surface area is 113 Å². The van der Waals surface area contributed by atoms with E-state index < -0.39 is 11.6 Å². The lowest BCUT2D eigenvalue weighted by atomic mass is 10.2. The number of carbonyl (C=O) groups excluding carboxylic acids is 1. The Bertz CT molecular complexity index is 430. The first kappa shape index (κ1) is 13.5. The molecule has 0 bridgehead atoms. The highest BCUT2D eigenvalue weighted by Gasteiger charge is 2.22. The molecule has 0 spiro atoms. The molecule has 0 aliphatic rings. The molecule has 1 aromatic rings. The molecule has 0 saturated heterocycles. The highest BCUT2D eigenvalue weighted by Crippen LogP contribution is 2.27. The van der Waals surface area contributed by atoms with E-state index >= 15 is 0 Å². The van der Waals surface area contributed by atoms with Crippen LogP contribution in [0.1, 0.15) is 31.3 Å². The molecule has 0 amide bonds. The number of nitrogens with zero attached hydrogens (tertiary/aromatic N) is 1. The van der Waals surface area contributed by atoms with Crippen molar-refractivity contribution in [1.82, 2.24) is 4.98 Å². The summed E-state index contributed by atoms with van der Waals surface area (Å²) in [5.74, 6) is -0.501. The number of nitrogen functional groups attached to an aromatic ring is 1. The lowest BCUT2D eigenvalue weighted by Gasteiger charge is -2.19. The summed E-state index contributed by atoms with van der Waals surface area (Å²) in [6, 6.07) is 0. The molecule has 0 aromatic carbocycles. The van der Waals surface area contributed by atoms with Crippen LogP contribution in [0, 0.1) is 3.57 Å². The van der Waals surface area contributed by atoms with Crippen LogP contribution in [0.5, 0.6) is 0 Å². The molecular weight excluding hydrogens is 342 g/mol. The molecule has 0 radical (unpaired) electrons. The van der Waals surface area contributed by atoms with Crippen molar-refractivity contribution in [1.29, 1.82) is 0 Å². The van der Waals surface area contributed by atoms with Crippen LogP contribution in [0.25, 0.3) is 0 Å². The number of halogens is 2. The molecule has 4 nitrogen and oxygen atoms in total. The van der Waals surface area contributed by atoms with E-state index in [1.165, 1.54) is 6.20 Å². The Kier molecular flexibility index (Phi) is 4.01. The topological polar surface area (TPSA) is 65.2 Å². The first-order valence-corrected chi connectivity index (χ1v) is 6.01. The van der Waals surface area contributed by atoms with E-state index in [2.05, 4.69) is 4.98 Å². The van der Waals surface area contributed by atoms with Gasteiger partial charge in [-0.3, -0.25) is 0 Å². The number of carbonyl (C=O) groups is 1. The molecule has 0 atom stereocenters. The zero-order valence-electron chi connectivity index (χ0n) is 9.17. The Morgan fingerprint density at radius 3 is 2.62 bits per heavy atom. The third-order valence-corrected chi connectivity index (χ3v) is 3.36. The van der Waals surface area contributed by atoms with Gasteiger partial charge in [-0.25, -0.2) is 9.78 Å². The zero-order chi connectivity index (χ0) is 12.5. The number of esters is 1. The van der Waals surface area contributed by atoms with Crippen molar-refractivity contribution in [3.8, 4) is 0 Å². The number of hydrogen-bond donors (Lipinski definition) is 1. The molecule has 6 heteroatoms. The number of rotatable bonds is 1. The summed E-state index contributed by atoms with van der Waals surface area (Å²) in [5, 5.41) is 0.330. The van der Waals surface area contributed by atoms with Crippen molar-refractivity contribution in [3.63, 3.8) is 0 Å². The summed E-state index contributed by atoms with van der Waals surface area (Å²) >= 11 is 7.84. The molecule has 1 aromatic heterocycles. The predicted molar refractivity (Wildman–Crippen MR) is 71.5 cm³/mol. The fraction of sp³-hybridized carbons (Fsp3) is 0.400. The van der Waals surface area contributed by atoms with Gasteiger partial charge < -0.3 is 10.5 Å². The van der Waals surface area contributed by atoms with Crippen LogP contribution < -0.4 is 5.73 Å². The van der Waals surface area contributed by atoms with Gasteiger partial charge in [-0.05, 0) is 43.4 Å². The van der Waals surface area contributed by atoms with Crippen LogP contribution in [0.15, 0.2) is 6.20 Å². The van der Waals surface area contributed by atoms with E-state index in [9.17, 15) is 4.79 Å². The average Bonchev–Trinajstić information content (AvgIpc) is 2.11. The molecule has 0 saturated carbocycles. The van der Waals surface area contributed by atoms with Crippen molar-refractivity contribution < 1.29 is 9.53 Å². The lowest BCUT2D eigenvalue weighted by Crippen LogP contribution is -2.25. The predicted octanol–water partition coefficient (Wildman–Crippen LogP) is 2.88. The molecule has 1 heterocycles. The minimum absolute atomic E-state index is 0.190. The van der Waals surface area contributed by atoms with Gasteiger partial charge in [0.15, 0.2) is 5.69 Å². The Hall–Kier alpha value is -0.560. The zero-order valence-corrected chi connectivity index (χ0v) is 12.1. The number of nitrogens with two attached hydrogens (primary N) is 1. The first-order chi connectivity index (χ1) is 7.22. The van der Waals surface area contributed by atoms with Crippen molar-refractivity contribution in [2.24, 2.45) is 0 Å². The highest BCUT2D eigenvalue weighted by molar-refractivity contribution is 14.1. The quantitative estimate of drug-likeness (QED) is 0.622. The monoisotopic (exact) mass is 354 g/mol. The maximum atomic E-state index is 11.8. The van der Waals surface area contributed by atoms with E-state index in [0.717, 1.165) is 0 Å². The molecule has 0 aliphatic carbocycles. The van der Waals surface area contributed by atoms with Crippen molar-refractivity contribution in [2.45, 2.75) is 26.4 Å². The number of ether oxygens (including phenoxy) is 1. The van der Waals surface area contributed by atoms with E-state index in [-0.39, 0.29) is 5.69 Å². The molecule has 88 valence electrons. The van der Waals surface area contributed by atoms with Crippen LogP contribution in [0.2, 0.25) is 5.02 Å². The van der Waals surface area contributed by atoms with Gasteiger partial charge in [-0.1, -0.05) is 11.6 Å². The SMILES string of the molecule is CC(C)(C)OC(=O)c1ncc(N)c(Cl)c1I. The Morgan fingerprint density at radius 2 is 2.12 bits per heavy atom. The van der Waals surface area contributed by atoms with Gasteiger partial charge in [0.1, 0.15) is 5.60 Å². The summed E-state index contributed by atoms with van der Waals surface area (Å²) < 4.78 is 5.70. The highest BCUT2D eigenvalue weighted by atomic mass is 127. The van der Waals surface area contributed by atoms with E-state index in [1.54, 1.807) is 20.8 Å². The fourth-order valence-corrected chi connectivity index (χ4v) is 1.76. The van der Waals surface area contributed by atoms with E-state index in [0.29, 0.717) is 14.3 Å². The third kappa shape index (κ3) is 3.21. The first-order valence-electron chi connectivity index (χ1n) is 4.55. The van der Waals surface area contributed by atoms with Gasteiger partial charge in [0.25, 0.3) is 0 Å². The lowest BCUT2D eigenvalue weighted by molar-refractivity contribution is 0.00616. The second-order valence-electron chi connectivity index (χ2n) is 4.19. The van der Waals surface area contributed by atoms with Gasteiger partial charge in [0.2, 0.25) is 0 Å². The van der Waals surface area contributed by atoms with Crippen molar-refractivity contribution >= 4 is 45.8 Å². The molecule has 2 N–H and O–H groups in total. The second-order valence-corrected chi connectivity index (χ2v) is 5.65. The van der Waals surface area contributed by atoms with E-state index in [4.69, 9.17) is 22.1 Å². The number of anilines is 1. The third-order valence-electron chi connectivity index (χ3n) is 1.58. The normalized spacial score (nSPS) is 11.3. The van der Waals surface area contributed by atoms with Gasteiger partial charge in [0, 0.05) is 0 Å².